The molecule has 4 nitrogen and oxygen atoms in total. The molecule has 0 aliphatic heterocycles. The van der Waals surface area contributed by atoms with Gasteiger partial charge in [0.2, 0.25) is 0 Å². The summed E-state index contributed by atoms with van der Waals surface area (Å²) in [5.74, 6) is 6.62. The first-order chi connectivity index (χ1) is 2.89. The highest BCUT2D eigenvalue weighted by molar-refractivity contribution is 4.59. The summed E-state index contributed by atoms with van der Waals surface area (Å²) in [4.78, 5) is 0.889. The van der Waals surface area contributed by atoms with Crippen molar-refractivity contribution in [3.05, 3.63) is 12.4 Å². The number of rotatable bonds is 0. The Hall–Kier alpha value is -1.06. The van der Waals surface area contributed by atoms with Gasteiger partial charge in [-0.2, -0.15) is 0 Å². The Morgan fingerprint density at radius 3 is 2.67 bits per heavy atom. The van der Waals surface area contributed by atoms with Crippen molar-refractivity contribution in [1.29, 1.82) is 0 Å². The van der Waals surface area contributed by atoms with Crippen molar-refractivity contribution in [2.75, 3.05) is 0 Å². The maximum absolute atomic E-state index is 6.62. The van der Waals surface area contributed by atoms with Crippen LogP contribution in [-0.2, 0) is 0 Å². The first-order valence-corrected chi connectivity index (χ1v) is 1.47. The molecule has 0 unspecified atom stereocenters. The van der Waals surface area contributed by atoms with Crippen LogP contribution in [0.25, 0.3) is 0 Å². The first kappa shape index (κ1) is 3.14. The molecule has 0 saturated heterocycles. The number of aromatic nitrogens is 3. The van der Waals surface area contributed by atoms with E-state index in [0.29, 0.717) is 0 Å². The average molecular weight is 83.1 g/mol. The van der Waals surface area contributed by atoms with Crippen molar-refractivity contribution in [3.8, 4) is 0 Å². The highest BCUT2D eigenvalue weighted by Crippen LogP contribution is 1.64. The summed E-state index contributed by atoms with van der Waals surface area (Å²) in [6.45, 7) is 0. The fraction of sp³-hybridized carbons (Fsp3) is 0. The SMILES string of the molecule is [NH]n1ccnn1. The molecular formula is C2H3N4. The third kappa shape index (κ3) is 0.314. The zero-order chi connectivity index (χ0) is 4.41. The molecule has 0 aliphatic rings. The van der Waals surface area contributed by atoms with Crippen LogP contribution in [0.3, 0.4) is 0 Å². The molecule has 0 fully saturated rings. The van der Waals surface area contributed by atoms with E-state index < -0.39 is 0 Å². The van der Waals surface area contributed by atoms with Gasteiger partial charge in [0.1, 0.15) is 0 Å². The summed E-state index contributed by atoms with van der Waals surface area (Å²) in [5.41, 5.74) is 0. The summed E-state index contributed by atoms with van der Waals surface area (Å²) in [6.07, 6.45) is 2.90. The van der Waals surface area contributed by atoms with Gasteiger partial charge in [-0.1, -0.05) is 0 Å². The number of hydrogen-bond donors (Lipinski definition) is 0. The van der Waals surface area contributed by atoms with Crippen LogP contribution in [0, 0.1) is 0 Å². The van der Waals surface area contributed by atoms with Crippen LogP contribution in [0.2, 0.25) is 0 Å². The van der Waals surface area contributed by atoms with Crippen molar-refractivity contribution in [3.63, 3.8) is 0 Å². The summed E-state index contributed by atoms with van der Waals surface area (Å²) < 4.78 is 0. The maximum atomic E-state index is 6.62. The van der Waals surface area contributed by atoms with Crippen LogP contribution in [-0.4, -0.2) is 15.1 Å². The first-order valence-electron chi connectivity index (χ1n) is 1.47. The lowest BCUT2D eigenvalue weighted by molar-refractivity contribution is 0.666. The zero-order valence-electron chi connectivity index (χ0n) is 3.00. The molecule has 0 amide bonds. The van der Waals surface area contributed by atoms with Gasteiger partial charge in [0.15, 0.2) is 0 Å². The third-order valence-corrected chi connectivity index (χ3v) is 0.423. The molecule has 0 aliphatic carbocycles. The van der Waals surface area contributed by atoms with Crippen LogP contribution in [0.15, 0.2) is 12.4 Å². The van der Waals surface area contributed by atoms with E-state index in [1.807, 2.05) is 0 Å². The van der Waals surface area contributed by atoms with Crippen LogP contribution >= 0.6 is 0 Å². The topological polar surface area (TPSA) is 54.5 Å². The second kappa shape index (κ2) is 0.965. The molecule has 6 heavy (non-hydrogen) atoms. The lowest BCUT2D eigenvalue weighted by atomic mass is 11.0. The molecule has 4 heteroatoms. The van der Waals surface area contributed by atoms with Crippen LogP contribution in [0.1, 0.15) is 0 Å². The van der Waals surface area contributed by atoms with Gasteiger partial charge in [-0.3, -0.25) is 0 Å². The van der Waals surface area contributed by atoms with Crippen LogP contribution in [0.4, 0.5) is 0 Å². The highest BCUT2D eigenvalue weighted by Gasteiger charge is 1.72. The Kier molecular flexibility index (Phi) is 0.506. The molecule has 0 atom stereocenters. The second-order valence-electron chi connectivity index (χ2n) is 0.848. The quantitative estimate of drug-likeness (QED) is 0.417. The fourth-order valence-electron chi connectivity index (χ4n) is 0.208. The van der Waals surface area contributed by atoms with Crippen LogP contribution in [0.5, 0.6) is 0 Å². The van der Waals surface area contributed by atoms with Gasteiger partial charge in [0.05, 0.1) is 12.4 Å². The minimum atomic E-state index is 0.889. The van der Waals surface area contributed by atoms with Gasteiger partial charge in [0.25, 0.3) is 0 Å². The largest absolute Gasteiger partial charge is 0.203 e. The molecule has 1 aromatic rings. The molecule has 1 N–H and O–H groups in total. The van der Waals surface area contributed by atoms with E-state index in [1.165, 1.54) is 12.4 Å². The number of nitrogens with one attached hydrogen (secondary N) is 1. The van der Waals surface area contributed by atoms with E-state index in [0.717, 1.165) is 4.79 Å². The average Bonchev–Trinajstić information content (AvgIpc) is 1.86. The van der Waals surface area contributed by atoms with Gasteiger partial charge in [-0.05, 0) is 5.21 Å². The highest BCUT2D eigenvalue weighted by atomic mass is 15.5. The molecule has 0 bridgehead atoms. The van der Waals surface area contributed by atoms with E-state index in [4.69, 9.17) is 5.84 Å². The number of hydrogen-bond acceptors (Lipinski definition) is 2. The van der Waals surface area contributed by atoms with Gasteiger partial charge in [-0.15, -0.1) is 9.89 Å². The number of nitrogens with zero attached hydrogens (tertiary/aromatic N) is 3. The normalized spacial score (nSPS) is 8.67. The molecule has 31 valence electrons. The monoisotopic (exact) mass is 83.0 g/mol. The van der Waals surface area contributed by atoms with Gasteiger partial charge < -0.3 is 0 Å². The molecular weight excluding hydrogens is 80.1 g/mol. The molecule has 0 aromatic carbocycles. The Morgan fingerprint density at radius 2 is 2.50 bits per heavy atom. The Balaban J connectivity index is 3.05. The van der Waals surface area contributed by atoms with Crippen molar-refractivity contribution in [2.24, 2.45) is 0 Å². The van der Waals surface area contributed by atoms with E-state index in [2.05, 4.69) is 10.3 Å². The smallest absolute Gasteiger partial charge is 0.0716 e. The molecule has 0 saturated carbocycles. The molecule has 0 spiro atoms. The van der Waals surface area contributed by atoms with Crippen molar-refractivity contribution in [1.82, 2.24) is 20.9 Å². The standard InChI is InChI=1S/C2H3N4/c3-6-2-1-4-5-6/h1-3H. The predicted octanol–water partition coefficient (Wildman–Crippen LogP) is -0.676. The van der Waals surface area contributed by atoms with Gasteiger partial charge in [0, 0.05) is 0 Å². The Bertz CT molecular complexity index is 109. The van der Waals surface area contributed by atoms with Gasteiger partial charge in [-0.25, -0.2) is 5.84 Å². The predicted molar refractivity (Wildman–Crippen MR) is 18.5 cm³/mol. The van der Waals surface area contributed by atoms with Crippen molar-refractivity contribution >= 4 is 0 Å². The Morgan fingerprint density at radius 1 is 1.67 bits per heavy atom. The van der Waals surface area contributed by atoms with E-state index in [1.54, 1.807) is 0 Å². The fourth-order valence-corrected chi connectivity index (χ4v) is 0.208. The molecule has 1 heterocycles. The van der Waals surface area contributed by atoms with Crippen LogP contribution < -0.4 is 5.84 Å². The minimum absolute atomic E-state index is 0.889. The summed E-state index contributed by atoms with van der Waals surface area (Å²) in [5, 5.41) is 6.60. The third-order valence-electron chi connectivity index (χ3n) is 0.423. The Labute approximate surface area is 34.5 Å². The van der Waals surface area contributed by atoms with E-state index >= 15 is 0 Å². The summed E-state index contributed by atoms with van der Waals surface area (Å²) >= 11 is 0. The van der Waals surface area contributed by atoms with E-state index in [-0.39, 0.29) is 0 Å². The molecule has 1 radical (unpaired) electrons. The van der Waals surface area contributed by atoms with Gasteiger partial charge >= 0.3 is 0 Å². The molecule has 1 aromatic heterocycles. The van der Waals surface area contributed by atoms with E-state index in [9.17, 15) is 0 Å². The minimum Gasteiger partial charge on any atom is -0.203 e. The second-order valence-corrected chi connectivity index (χ2v) is 0.848. The lowest BCUT2D eigenvalue weighted by Gasteiger charge is -1.72. The zero-order valence-corrected chi connectivity index (χ0v) is 3.00. The summed E-state index contributed by atoms with van der Waals surface area (Å²) in [7, 11) is 0. The molecule has 1 rings (SSSR count). The maximum Gasteiger partial charge on any atom is 0.0716 e. The van der Waals surface area contributed by atoms with Crippen molar-refractivity contribution < 1.29 is 0 Å². The summed E-state index contributed by atoms with van der Waals surface area (Å²) in [6, 6.07) is 0. The van der Waals surface area contributed by atoms with Crippen molar-refractivity contribution in [2.45, 2.75) is 0 Å². The lowest BCUT2D eigenvalue weighted by Crippen LogP contribution is -1.91.